The van der Waals surface area contributed by atoms with Crippen molar-refractivity contribution >= 4 is 0 Å². The summed E-state index contributed by atoms with van der Waals surface area (Å²) in [5.74, 6) is 1.70. The summed E-state index contributed by atoms with van der Waals surface area (Å²) in [6.45, 7) is 11.1. The smallest absolute Gasteiger partial charge is 0.119 e. The fourth-order valence-electron chi connectivity index (χ4n) is 2.90. The maximum absolute atomic E-state index is 5.68. The second-order valence-corrected chi connectivity index (χ2v) is 6.24. The molecule has 0 aliphatic carbocycles. The van der Waals surface area contributed by atoms with Gasteiger partial charge in [-0.2, -0.15) is 0 Å². The molecule has 3 nitrogen and oxygen atoms in total. The summed E-state index contributed by atoms with van der Waals surface area (Å²) in [4.78, 5) is 2.59. The van der Waals surface area contributed by atoms with Gasteiger partial charge in [0.25, 0.3) is 0 Å². The van der Waals surface area contributed by atoms with E-state index < -0.39 is 0 Å². The number of nitrogens with zero attached hydrogens (tertiary/aromatic N) is 1. The van der Waals surface area contributed by atoms with Crippen molar-refractivity contribution in [2.45, 2.75) is 39.7 Å². The molecule has 21 heavy (non-hydrogen) atoms. The summed E-state index contributed by atoms with van der Waals surface area (Å²) in [6, 6.07) is 8.43. The molecule has 1 heterocycles. The largest absolute Gasteiger partial charge is 0.494 e. The van der Waals surface area contributed by atoms with Crippen LogP contribution in [-0.4, -0.2) is 37.7 Å². The van der Waals surface area contributed by atoms with Crippen molar-refractivity contribution in [3.8, 4) is 5.75 Å². The third kappa shape index (κ3) is 6.06. The van der Waals surface area contributed by atoms with Gasteiger partial charge in [-0.3, -0.25) is 0 Å². The van der Waals surface area contributed by atoms with Gasteiger partial charge in [0.05, 0.1) is 6.61 Å². The Kier molecular flexibility index (Phi) is 7.04. The van der Waals surface area contributed by atoms with E-state index in [1.165, 1.54) is 38.0 Å². The van der Waals surface area contributed by atoms with Gasteiger partial charge in [0.15, 0.2) is 0 Å². The van der Waals surface area contributed by atoms with Gasteiger partial charge in [-0.1, -0.05) is 26.0 Å². The number of likely N-dealkylation sites (tertiary alicyclic amines) is 1. The fourth-order valence-corrected chi connectivity index (χ4v) is 2.90. The molecule has 2 rings (SSSR count). The van der Waals surface area contributed by atoms with Gasteiger partial charge in [0, 0.05) is 13.1 Å². The van der Waals surface area contributed by atoms with Gasteiger partial charge in [-0.05, 0) is 62.5 Å². The lowest BCUT2D eigenvalue weighted by molar-refractivity contribution is 0.282. The Balaban J connectivity index is 1.67. The van der Waals surface area contributed by atoms with Crippen molar-refractivity contribution in [1.82, 2.24) is 10.2 Å². The highest BCUT2D eigenvalue weighted by Crippen LogP contribution is 2.14. The number of benzene rings is 1. The molecule has 1 saturated heterocycles. The van der Waals surface area contributed by atoms with Crippen molar-refractivity contribution in [3.63, 3.8) is 0 Å². The summed E-state index contributed by atoms with van der Waals surface area (Å²) in [7, 11) is 0. The summed E-state index contributed by atoms with van der Waals surface area (Å²) < 4.78 is 5.68. The molecule has 0 saturated carbocycles. The van der Waals surface area contributed by atoms with Crippen LogP contribution in [0.5, 0.6) is 5.75 Å². The first kappa shape index (κ1) is 16.3. The lowest BCUT2D eigenvalue weighted by Crippen LogP contribution is -2.31. The van der Waals surface area contributed by atoms with Gasteiger partial charge in [-0.25, -0.2) is 0 Å². The van der Waals surface area contributed by atoms with Crippen LogP contribution in [-0.2, 0) is 6.54 Å². The molecule has 0 amide bonds. The van der Waals surface area contributed by atoms with E-state index in [9.17, 15) is 0 Å². The van der Waals surface area contributed by atoms with E-state index in [4.69, 9.17) is 4.74 Å². The molecule has 1 aromatic rings. The summed E-state index contributed by atoms with van der Waals surface area (Å²) >= 11 is 0. The molecule has 0 aromatic heterocycles. The van der Waals surface area contributed by atoms with E-state index in [0.29, 0.717) is 5.92 Å². The van der Waals surface area contributed by atoms with Crippen LogP contribution in [0.25, 0.3) is 0 Å². The quantitative estimate of drug-likeness (QED) is 0.755. The predicted molar refractivity (Wildman–Crippen MR) is 88.8 cm³/mol. The fraction of sp³-hybridized carbons (Fsp3) is 0.667. The average molecular weight is 290 g/mol. The second kappa shape index (κ2) is 9.06. The van der Waals surface area contributed by atoms with Crippen molar-refractivity contribution in [1.29, 1.82) is 0 Å². The molecule has 1 N–H and O–H groups in total. The molecule has 1 unspecified atom stereocenters. The summed E-state index contributed by atoms with van der Waals surface area (Å²) in [6.07, 6.45) is 3.81. The molecule has 0 spiro atoms. The van der Waals surface area contributed by atoms with Gasteiger partial charge in [0.2, 0.25) is 0 Å². The molecule has 1 aromatic carbocycles. The maximum atomic E-state index is 5.68. The first-order valence-electron chi connectivity index (χ1n) is 8.42. The Labute approximate surface area is 129 Å². The van der Waals surface area contributed by atoms with E-state index in [1.807, 2.05) is 6.07 Å². The molecule has 1 aliphatic heterocycles. The highest BCUT2D eigenvalue weighted by Gasteiger charge is 2.14. The van der Waals surface area contributed by atoms with Crippen LogP contribution < -0.4 is 10.1 Å². The lowest BCUT2D eigenvalue weighted by atomic mass is 10.1. The van der Waals surface area contributed by atoms with E-state index in [2.05, 4.69) is 42.3 Å². The van der Waals surface area contributed by atoms with Crippen LogP contribution in [0.1, 0.15) is 38.7 Å². The van der Waals surface area contributed by atoms with Crippen LogP contribution in [0.4, 0.5) is 0 Å². The van der Waals surface area contributed by atoms with E-state index in [0.717, 1.165) is 31.9 Å². The number of ether oxygens (including phenoxy) is 1. The van der Waals surface area contributed by atoms with Gasteiger partial charge >= 0.3 is 0 Å². The highest BCUT2D eigenvalue weighted by atomic mass is 16.5. The van der Waals surface area contributed by atoms with Gasteiger partial charge in [-0.15, -0.1) is 0 Å². The Morgan fingerprint density at radius 1 is 1.29 bits per heavy atom. The first-order chi connectivity index (χ1) is 10.3. The first-order valence-corrected chi connectivity index (χ1v) is 8.42. The standard InChI is InChI=1S/C18H30N2O/c1-3-11-21-18-8-6-7-17(12-18)14-19-13-16(2)15-20-9-4-5-10-20/h6-8,12,16,19H,3-5,9-11,13-15H2,1-2H3. The van der Waals surface area contributed by atoms with Crippen molar-refractivity contribution in [3.05, 3.63) is 29.8 Å². The van der Waals surface area contributed by atoms with Crippen LogP contribution in [0.3, 0.4) is 0 Å². The average Bonchev–Trinajstić information content (AvgIpc) is 2.98. The Bertz CT molecular complexity index is 402. The molecule has 1 fully saturated rings. The molecule has 1 atom stereocenters. The Morgan fingerprint density at radius 3 is 2.86 bits per heavy atom. The lowest BCUT2D eigenvalue weighted by Gasteiger charge is -2.20. The molecular weight excluding hydrogens is 260 g/mol. The highest BCUT2D eigenvalue weighted by molar-refractivity contribution is 5.28. The zero-order chi connectivity index (χ0) is 14.9. The number of nitrogens with one attached hydrogen (secondary N) is 1. The Hall–Kier alpha value is -1.06. The molecule has 0 bridgehead atoms. The zero-order valence-corrected chi connectivity index (χ0v) is 13.6. The predicted octanol–water partition coefficient (Wildman–Crippen LogP) is 3.30. The topological polar surface area (TPSA) is 24.5 Å². The molecule has 0 radical (unpaired) electrons. The van der Waals surface area contributed by atoms with Crippen LogP contribution in [0.15, 0.2) is 24.3 Å². The van der Waals surface area contributed by atoms with Crippen LogP contribution >= 0.6 is 0 Å². The number of hydrogen-bond acceptors (Lipinski definition) is 3. The maximum Gasteiger partial charge on any atom is 0.119 e. The van der Waals surface area contributed by atoms with Crippen LogP contribution in [0.2, 0.25) is 0 Å². The minimum absolute atomic E-state index is 0.711. The summed E-state index contributed by atoms with van der Waals surface area (Å²) in [5, 5.41) is 3.58. The molecular formula is C18H30N2O. The molecule has 118 valence electrons. The zero-order valence-electron chi connectivity index (χ0n) is 13.6. The monoisotopic (exact) mass is 290 g/mol. The number of rotatable bonds is 9. The Morgan fingerprint density at radius 2 is 2.10 bits per heavy atom. The molecule has 3 heteroatoms. The minimum atomic E-state index is 0.711. The van der Waals surface area contributed by atoms with Crippen LogP contribution in [0, 0.1) is 5.92 Å². The third-order valence-corrected chi connectivity index (χ3v) is 3.96. The number of hydrogen-bond donors (Lipinski definition) is 1. The SMILES string of the molecule is CCCOc1cccc(CNCC(C)CN2CCCC2)c1. The third-order valence-electron chi connectivity index (χ3n) is 3.96. The minimum Gasteiger partial charge on any atom is -0.494 e. The van der Waals surface area contributed by atoms with E-state index in [1.54, 1.807) is 0 Å². The summed E-state index contributed by atoms with van der Waals surface area (Å²) in [5.41, 5.74) is 1.30. The van der Waals surface area contributed by atoms with E-state index in [-0.39, 0.29) is 0 Å². The van der Waals surface area contributed by atoms with Crippen molar-refractivity contribution < 1.29 is 4.74 Å². The van der Waals surface area contributed by atoms with Gasteiger partial charge in [0.1, 0.15) is 5.75 Å². The normalized spacial score (nSPS) is 17.0. The molecule has 1 aliphatic rings. The van der Waals surface area contributed by atoms with E-state index >= 15 is 0 Å². The van der Waals surface area contributed by atoms with Gasteiger partial charge < -0.3 is 15.0 Å². The van der Waals surface area contributed by atoms with Crippen molar-refractivity contribution in [2.75, 3.05) is 32.8 Å². The second-order valence-electron chi connectivity index (χ2n) is 6.24. The van der Waals surface area contributed by atoms with Crippen molar-refractivity contribution in [2.24, 2.45) is 5.92 Å².